The first-order chi connectivity index (χ1) is 37.9. The number of aromatic nitrogens is 4. The molecule has 0 spiro atoms. The lowest BCUT2D eigenvalue weighted by Gasteiger charge is -2.25. The van der Waals surface area contributed by atoms with E-state index in [9.17, 15) is 0 Å². The molecule has 10 aromatic carbocycles. The molecule has 1 aliphatic heterocycles. The van der Waals surface area contributed by atoms with Crippen LogP contribution in [0.2, 0.25) is 0 Å². The molecule has 14 aromatic rings. The molecule has 5 heterocycles. The van der Waals surface area contributed by atoms with Crippen molar-refractivity contribution in [2.45, 2.75) is 27.7 Å². The van der Waals surface area contributed by atoms with Crippen LogP contribution in [-0.2, 0) is 0 Å². The quantitative estimate of drug-likeness (QED) is 0.152. The monoisotopic (exact) mass is 992 g/mol. The summed E-state index contributed by atoms with van der Waals surface area (Å²) >= 11 is 0. The van der Waals surface area contributed by atoms with Gasteiger partial charge in [-0.2, -0.15) is 0 Å². The van der Waals surface area contributed by atoms with E-state index in [1.54, 1.807) is 0 Å². The van der Waals surface area contributed by atoms with Crippen molar-refractivity contribution in [1.82, 2.24) is 18.7 Å². The maximum Gasteiger partial charge on any atom is 0.137 e. The highest BCUT2D eigenvalue weighted by atomic mass is 16.5. The molecule has 368 valence electrons. The Hall–Kier alpha value is -9.85. The zero-order chi connectivity index (χ0) is 51.5. The second kappa shape index (κ2) is 17.4. The Morgan fingerprint density at radius 1 is 0.364 bits per heavy atom. The Labute approximate surface area is 446 Å². The molecule has 0 unspecified atom stereocenters. The largest absolute Gasteiger partial charge is 0.457 e. The molecule has 0 saturated carbocycles. The van der Waals surface area contributed by atoms with E-state index < -0.39 is 0 Å². The summed E-state index contributed by atoms with van der Waals surface area (Å²) in [6, 6.07) is 80.8. The van der Waals surface area contributed by atoms with E-state index in [1.807, 2.05) is 6.07 Å². The minimum Gasteiger partial charge on any atom is -0.457 e. The van der Waals surface area contributed by atoms with Crippen molar-refractivity contribution in [3.8, 4) is 39.8 Å². The second-order valence-corrected chi connectivity index (χ2v) is 20.6. The summed E-state index contributed by atoms with van der Waals surface area (Å²) in [5, 5.41) is 7.16. The van der Waals surface area contributed by atoms with Crippen LogP contribution in [0.3, 0.4) is 0 Å². The first-order valence-corrected chi connectivity index (χ1v) is 26.5. The van der Waals surface area contributed by atoms with E-state index in [1.165, 1.54) is 55.3 Å². The van der Waals surface area contributed by atoms with Crippen LogP contribution in [0, 0.1) is 27.7 Å². The van der Waals surface area contributed by atoms with Crippen LogP contribution in [0.1, 0.15) is 22.3 Å². The van der Waals surface area contributed by atoms with Crippen molar-refractivity contribution in [2.75, 3.05) is 16.5 Å². The first kappa shape index (κ1) is 44.6. The third kappa shape index (κ3) is 6.93. The van der Waals surface area contributed by atoms with E-state index >= 15 is 0 Å². The van der Waals surface area contributed by atoms with Crippen molar-refractivity contribution in [3.05, 3.63) is 253 Å². The Morgan fingerprint density at radius 2 is 0.818 bits per heavy atom. The summed E-state index contributed by atoms with van der Waals surface area (Å²) in [6.45, 7) is 9.53. The average molecular weight is 993 g/mol. The number of hydrogen-bond donors (Lipinski definition) is 0. The number of para-hydroxylation sites is 7. The number of ether oxygens (including phenoxy) is 1. The summed E-state index contributed by atoms with van der Waals surface area (Å²) in [5.74, 6) is 2.35. The number of rotatable bonds is 8. The minimum absolute atomic E-state index is 0.693. The Balaban J connectivity index is 0.859. The molecule has 4 aromatic heterocycles. The van der Waals surface area contributed by atoms with E-state index in [0.29, 0.717) is 6.67 Å². The van der Waals surface area contributed by atoms with Gasteiger partial charge < -0.3 is 23.7 Å². The van der Waals surface area contributed by atoms with Crippen molar-refractivity contribution in [3.63, 3.8) is 0 Å². The van der Waals surface area contributed by atoms with Gasteiger partial charge in [-0.15, -0.1) is 0 Å². The molecule has 0 radical (unpaired) electrons. The third-order valence-electron chi connectivity index (χ3n) is 15.9. The van der Waals surface area contributed by atoms with Gasteiger partial charge in [0.15, 0.2) is 0 Å². The lowest BCUT2D eigenvalue weighted by Crippen LogP contribution is -2.25. The number of hydrogen-bond acceptors (Lipinski definition) is 4. The van der Waals surface area contributed by atoms with Gasteiger partial charge in [-0.1, -0.05) is 133 Å². The minimum atomic E-state index is 0.693. The third-order valence-corrected chi connectivity index (χ3v) is 15.9. The molecular formula is C70H52N6O. The first-order valence-electron chi connectivity index (χ1n) is 26.5. The zero-order valence-corrected chi connectivity index (χ0v) is 43.2. The fourth-order valence-electron chi connectivity index (χ4n) is 12.8. The van der Waals surface area contributed by atoms with Gasteiger partial charge in [0.25, 0.3) is 0 Å². The topological polar surface area (TPSA) is 43.4 Å². The number of aryl methyl sites for hydroxylation is 4. The lowest BCUT2D eigenvalue weighted by atomic mass is 9.98. The second-order valence-electron chi connectivity index (χ2n) is 20.6. The van der Waals surface area contributed by atoms with Gasteiger partial charge >= 0.3 is 0 Å². The van der Waals surface area contributed by atoms with Crippen LogP contribution in [0.4, 0.5) is 22.7 Å². The molecule has 0 atom stereocenters. The summed E-state index contributed by atoms with van der Waals surface area (Å²) in [4.78, 5) is 10.3. The smallest absolute Gasteiger partial charge is 0.137 e. The molecule has 7 heteroatoms. The van der Waals surface area contributed by atoms with Crippen molar-refractivity contribution in [1.29, 1.82) is 0 Å². The SMILES string of the molecule is Cc1cc(C)c(N2CN(c3cccc(Oc4ccc5c6ccccc6n(-c6cc(C)c(-c7c(-n8c9ccccc9c9ccccc98)cccc7-n7c8ccccc8c8ccccc87)cn6)c5c4)c3)c3ccccc32)c(C)c1. The lowest BCUT2D eigenvalue weighted by molar-refractivity contribution is 0.483. The zero-order valence-electron chi connectivity index (χ0n) is 43.2. The number of fused-ring (bicyclic) bond motifs is 10. The van der Waals surface area contributed by atoms with E-state index in [0.717, 1.165) is 94.9 Å². The van der Waals surface area contributed by atoms with Gasteiger partial charge in [-0.25, -0.2) is 4.98 Å². The molecule has 0 fully saturated rings. The van der Waals surface area contributed by atoms with Gasteiger partial charge in [-0.3, -0.25) is 4.57 Å². The van der Waals surface area contributed by atoms with E-state index in [2.05, 4.69) is 276 Å². The van der Waals surface area contributed by atoms with Gasteiger partial charge in [0.05, 0.1) is 55.8 Å². The highest BCUT2D eigenvalue weighted by Crippen LogP contribution is 2.48. The van der Waals surface area contributed by atoms with Crippen molar-refractivity contribution in [2.24, 2.45) is 0 Å². The molecule has 0 aliphatic carbocycles. The molecule has 0 amide bonds. The van der Waals surface area contributed by atoms with E-state index in [4.69, 9.17) is 9.72 Å². The fraction of sp³-hybridized carbons (Fsp3) is 0.0714. The highest BCUT2D eigenvalue weighted by molar-refractivity contribution is 6.13. The standard InChI is InChI=1S/C70H52N6O/c1-44-37-46(3)70(47(4)38-44)73-43-72(63-31-15-16-32-64(63)73)48-19-17-20-49(40-48)77-50-35-36-56-55-25-9-14-30-62(55)76(67(56)41-50)68-39-45(2)57(42-71-68)69-65(74-58-26-10-5-21-51(58)52-22-6-11-27-59(52)74)33-18-34-66(69)75-60-28-12-7-23-53(60)54-24-8-13-29-61(54)75/h5-42H,43H2,1-4H3. The van der Waals surface area contributed by atoms with Crippen LogP contribution in [0.25, 0.3) is 93.7 Å². The number of pyridine rings is 1. The highest BCUT2D eigenvalue weighted by Gasteiger charge is 2.30. The number of nitrogens with zero attached hydrogens (tertiary/aromatic N) is 6. The molecule has 0 N–H and O–H groups in total. The van der Waals surface area contributed by atoms with Crippen LogP contribution < -0.4 is 14.5 Å². The normalized spacial score (nSPS) is 12.6. The summed E-state index contributed by atoms with van der Waals surface area (Å²) < 4.78 is 14.0. The molecule has 1 aliphatic rings. The van der Waals surface area contributed by atoms with Gasteiger partial charge in [0.1, 0.15) is 24.0 Å². The van der Waals surface area contributed by atoms with Crippen molar-refractivity contribution < 1.29 is 4.74 Å². The summed E-state index contributed by atoms with van der Waals surface area (Å²) in [6.07, 6.45) is 2.10. The Bertz CT molecular complexity index is 4460. The molecule has 0 bridgehead atoms. The Morgan fingerprint density at radius 3 is 1.36 bits per heavy atom. The van der Waals surface area contributed by atoms with Crippen LogP contribution in [-0.4, -0.2) is 25.4 Å². The predicted octanol–water partition coefficient (Wildman–Crippen LogP) is 18.3. The van der Waals surface area contributed by atoms with E-state index in [-0.39, 0.29) is 0 Å². The number of benzene rings is 10. The molecule has 77 heavy (non-hydrogen) atoms. The van der Waals surface area contributed by atoms with Crippen LogP contribution in [0.15, 0.2) is 231 Å². The van der Waals surface area contributed by atoms with Crippen LogP contribution in [0.5, 0.6) is 11.5 Å². The number of anilines is 4. The molecule has 7 nitrogen and oxygen atoms in total. The average Bonchev–Trinajstić information content (AvgIpc) is 4.28. The van der Waals surface area contributed by atoms with Gasteiger partial charge in [0.2, 0.25) is 0 Å². The van der Waals surface area contributed by atoms with Gasteiger partial charge in [-0.05, 0) is 129 Å². The molecule has 0 saturated heterocycles. The van der Waals surface area contributed by atoms with Crippen molar-refractivity contribution >= 4 is 88.2 Å². The fourth-order valence-corrected chi connectivity index (χ4v) is 12.8. The van der Waals surface area contributed by atoms with Gasteiger partial charge in [0, 0.05) is 73.1 Å². The Kier molecular flexibility index (Phi) is 10.1. The summed E-state index contributed by atoms with van der Waals surface area (Å²) in [7, 11) is 0. The predicted molar refractivity (Wildman–Crippen MR) is 320 cm³/mol. The van der Waals surface area contributed by atoms with Crippen LogP contribution >= 0.6 is 0 Å². The summed E-state index contributed by atoms with van der Waals surface area (Å²) in [5.41, 5.74) is 20.7. The maximum atomic E-state index is 6.87. The molecule has 15 rings (SSSR count). The molecular weight excluding hydrogens is 941 g/mol. The maximum absolute atomic E-state index is 6.87.